The van der Waals surface area contributed by atoms with Crippen LogP contribution in [0.3, 0.4) is 0 Å². The van der Waals surface area contributed by atoms with Crippen LogP contribution in [-0.4, -0.2) is 12.9 Å². The minimum Gasteiger partial charge on any atom is -0.495 e. The van der Waals surface area contributed by atoms with Crippen molar-refractivity contribution >= 4 is 23.1 Å². The van der Waals surface area contributed by atoms with E-state index in [1.807, 2.05) is 32.0 Å². The number of hydrogen-bond acceptors (Lipinski definition) is 3. The van der Waals surface area contributed by atoms with Gasteiger partial charge in [-0.05, 0) is 49.2 Å². The summed E-state index contributed by atoms with van der Waals surface area (Å²) in [4.78, 5) is 12.1. The third-order valence-electron chi connectivity index (χ3n) is 3.43. The summed E-state index contributed by atoms with van der Waals surface area (Å²) in [5.74, 6) is 0.601. The van der Waals surface area contributed by atoms with Gasteiger partial charge in [-0.15, -0.1) is 0 Å². The molecule has 0 amide bonds. The van der Waals surface area contributed by atoms with Gasteiger partial charge in [0.2, 0.25) is 0 Å². The number of methoxy groups -OCH3 is 1. The first-order chi connectivity index (χ1) is 10.5. The Morgan fingerprint density at radius 3 is 2.59 bits per heavy atom. The van der Waals surface area contributed by atoms with E-state index in [0.29, 0.717) is 22.0 Å². The molecule has 0 saturated carbocycles. The van der Waals surface area contributed by atoms with Crippen LogP contribution < -0.4 is 10.1 Å². The van der Waals surface area contributed by atoms with Crippen molar-refractivity contribution in [2.45, 2.75) is 13.8 Å². The van der Waals surface area contributed by atoms with Crippen molar-refractivity contribution in [2.24, 2.45) is 0 Å². The van der Waals surface area contributed by atoms with Gasteiger partial charge in [0.25, 0.3) is 0 Å². The van der Waals surface area contributed by atoms with Crippen molar-refractivity contribution in [1.82, 2.24) is 0 Å². The molecular weight excluding hydrogens is 298 g/mol. The summed E-state index contributed by atoms with van der Waals surface area (Å²) in [6.07, 6.45) is 3.08. The molecule has 1 N–H and O–H groups in total. The zero-order valence-electron chi connectivity index (χ0n) is 12.8. The molecule has 0 fully saturated rings. The summed E-state index contributed by atoms with van der Waals surface area (Å²) in [6.45, 7) is 4.01. The standard InChI is InChI=1S/C18H18ClNO2/c1-12-4-5-14(10-13(12)2)17(21)8-9-20-16-11-15(19)6-7-18(16)22-3/h4-11,20H,1-3H3. The molecule has 3 nitrogen and oxygen atoms in total. The molecular formula is C18H18ClNO2. The summed E-state index contributed by atoms with van der Waals surface area (Å²) in [5.41, 5.74) is 3.64. The van der Waals surface area contributed by atoms with Crippen LogP contribution in [-0.2, 0) is 0 Å². The predicted molar refractivity (Wildman–Crippen MR) is 91.0 cm³/mol. The summed E-state index contributed by atoms with van der Waals surface area (Å²) >= 11 is 5.96. The highest BCUT2D eigenvalue weighted by molar-refractivity contribution is 6.30. The second-order valence-corrected chi connectivity index (χ2v) is 5.42. The fourth-order valence-corrected chi connectivity index (χ4v) is 2.16. The smallest absolute Gasteiger partial charge is 0.187 e. The lowest BCUT2D eigenvalue weighted by atomic mass is 10.0. The molecule has 114 valence electrons. The summed E-state index contributed by atoms with van der Waals surface area (Å²) in [7, 11) is 1.58. The minimum absolute atomic E-state index is 0.0587. The lowest BCUT2D eigenvalue weighted by Gasteiger charge is -2.08. The number of aryl methyl sites for hydroxylation is 2. The minimum atomic E-state index is -0.0587. The van der Waals surface area contributed by atoms with E-state index in [2.05, 4.69) is 5.32 Å². The topological polar surface area (TPSA) is 38.3 Å². The maximum atomic E-state index is 12.1. The van der Waals surface area contributed by atoms with E-state index >= 15 is 0 Å². The number of hydrogen-bond donors (Lipinski definition) is 1. The molecule has 0 atom stereocenters. The first-order valence-corrected chi connectivity index (χ1v) is 7.27. The van der Waals surface area contributed by atoms with Crippen molar-refractivity contribution in [2.75, 3.05) is 12.4 Å². The Hall–Kier alpha value is -2.26. The molecule has 0 unspecified atom stereocenters. The number of benzene rings is 2. The molecule has 0 bridgehead atoms. The van der Waals surface area contributed by atoms with Gasteiger partial charge in [0.05, 0.1) is 12.8 Å². The molecule has 2 aromatic rings. The van der Waals surface area contributed by atoms with E-state index in [1.54, 1.807) is 31.5 Å². The number of halogens is 1. The lowest BCUT2D eigenvalue weighted by molar-refractivity contribution is 0.104. The van der Waals surface area contributed by atoms with E-state index in [4.69, 9.17) is 16.3 Å². The lowest BCUT2D eigenvalue weighted by Crippen LogP contribution is -1.98. The molecule has 22 heavy (non-hydrogen) atoms. The van der Waals surface area contributed by atoms with Crippen molar-refractivity contribution < 1.29 is 9.53 Å². The van der Waals surface area contributed by atoms with Crippen molar-refractivity contribution in [1.29, 1.82) is 0 Å². The molecule has 0 aliphatic heterocycles. The fourth-order valence-electron chi connectivity index (χ4n) is 1.99. The van der Waals surface area contributed by atoms with E-state index in [1.165, 1.54) is 11.6 Å². The average molecular weight is 316 g/mol. The van der Waals surface area contributed by atoms with Crippen molar-refractivity contribution in [3.63, 3.8) is 0 Å². The Morgan fingerprint density at radius 2 is 1.91 bits per heavy atom. The molecule has 0 spiro atoms. The van der Waals surface area contributed by atoms with Gasteiger partial charge in [-0.25, -0.2) is 0 Å². The number of ether oxygens (including phenoxy) is 1. The van der Waals surface area contributed by atoms with Gasteiger partial charge in [-0.3, -0.25) is 4.79 Å². The molecule has 2 aromatic carbocycles. The average Bonchev–Trinajstić information content (AvgIpc) is 2.50. The van der Waals surface area contributed by atoms with Crippen LogP contribution in [0, 0.1) is 13.8 Å². The van der Waals surface area contributed by atoms with Crippen LogP contribution in [0.5, 0.6) is 5.75 Å². The Bertz CT molecular complexity index is 723. The Labute approximate surface area is 135 Å². The maximum Gasteiger partial charge on any atom is 0.187 e. The van der Waals surface area contributed by atoms with E-state index in [-0.39, 0.29) is 5.78 Å². The van der Waals surface area contributed by atoms with E-state index in [0.717, 1.165) is 5.56 Å². The predicted octanol–water partition coefficient (Wildman–Crippen LogP) is 4.77. The number of anilines is 1. The highest BCUT2D eigenvalue weighted by Gasteiger charge is 2.04. The van der Waals surface area contributed by atoms with Crippen LogP contribution in [0.15, 0.2) is 48.7 Å². The normalized spacial score (nSPS) is 10.7. The van der Waals surface area contributed by atoms with Crippen LogP contribution in [0.25, 0.3) is 0 Å². The fraction of sp³-hybridized carbons (Fsp3) is 0.167. The first-order valence-electron chi connectivity index (χ1n) is 6.89. The largest absolute Gasteiger partial charge is 0.495 e. The van der Waals surface area contributed by atoms with Crippen molar-refractivity contribution in [3.05, 3.63) is 70.4 Å². The monoisotopic (exact) mass is 315 g/mol. The van der Waals surface area contributed by atoms with E-state index < -0.39 is 0 Å². The maximum absolute atomic E-state index is 12.1. The van der Waals surface area contributed by atoms with Gasteiger partial charge in [0.15, 0.2) is 5.78 Å². The van der Waals surface area contributed by atoms with E-state index in [9.17, 15) is 4.79 Å². The second-order valence-electron chi connectivity index (χ2n) is 4.99. The summed E-state index contributed by atoms with van der Waals surface area (Å²) < 4.78 is 5.23. The number of carbonyl (C=O) groups is 1. The highest BCUT2D eigenvalue weighted by atomic mass is 35.5. The van der Waals surface area contributed by atoms with Gasteiger partial charge < -0.3 is 10.1 Å². The quantitative estimate of drug-likeness (QED) is 0.637. The third-order valence-corrected chi connectivity index (χ3v) is 3.66. The molecule has 2 rings (SSSR count). The Kier molecular flexibility index (Phi) is 5.23. The molecule has 0 heterocycles. The Balaban J connectivity index is 2.10. The summed E-state index contributed by atoms with van der Waals surface area (Å²) in [5, 5.41) is 3.62. The molecule has 0 aliphatic carbocycles. The van der Waals surface area contributed by atoms with Gasteiger partial charge in [-0.1, -0.05) is 23.7 Å². The molecule has 0 aromatic heterocycles. The highest BCUT2D eigenvalue weighted by Crippen LogP contribution is 2.27. The van der Waals surface area contributed by atoms with Gasteiger partial charge in [-0.2, -0.15) is 0 Å². The van der Waals surface area contributed by atoms with Crippen molar-refractivity contribution in [3.8, 4) is 5.75 Å². The number of rotatable bonds is 5. The number of carbonyl (C=O) groups excluding carboxylic acids is 1. The van der Waals surface area contributed by atoms with Gasteiger partial charge >= 0.3 is 0 Å². The molecule has 0 radical (unpaired) electrons. The zero-order valence-corrected chi connectivity index (χ0v) is 13.6. The van der Waals surface area contributed by atoms with Gasteiger partial charge in [0.1, 0.15) is 5.75 Å². The van der Waals surface area contributed by atoms with Crippen LogP contribution in [0.4, 0.5) is 5.69 Å². The van der Waals surface area contributed by atoms with Crippen LogP contribution >= 0.6 is 11.6 Å². The first kappa shape index (κ1) is 16.1. The number of ketones is 1. The zero-order chi connectivity index (χ0) is 16.1. The Morgan fingerprint density at radius 1 is 1.14 bits per heavy atom. The van der Waals surface area contributed by atoms with Crippen LogP contribution in [0.2, 0.25) is 5.02 Å². The third kappa shape index (κ3) is 3.89. The molecule has 0 saturated heterocycles. The molecule has 4 heteroatoms. The summed E-state index contributed by atoms with van der Waals surface area (Å²) in [6, 6.07) is 10.9. The SMILES string of the molecule is COc1ccc(Cl)cc1NC=CC(=O)c1ccc(C)c(C)c1. The molecule has 0 aliphatic rings. The number of allylic oxidation sites excluding steroid dienone is 1. The van der Waals surface area contributed by atoms with Crippen LogP contribution in [0.1, 0.15) is 21.5 Å². The number of nitrogens with one attached hydrogen (secondary N) is 1. The second kappa shape index (κ2) is 7.14. The van der Waals surface area contributed by atoms with Gasteiger partial charge in [0, 0.05) is 22.9 Å².